The molecule has 0 saturated heterocycles. The zero-order valence-corrected chi connectivity index (χ0v) is 14.3. The van der Waals surface area contributed by atoms with Gasteiger partial charge in [0, 0.05) is 22.5 Å². The van der Waals surface area contributed by atoms with Gasteiger partial charge in [0.25, 0.3) is 0 Å². The van der Waals surface area contributed by atoms with E-state index < -0.39 is 0 Å². The predicted octanol–water partition coefficient (Wildman–Crippen LogP) is 4.83. The van der Waals surface area contributed by atoms with E-state index in [0.29, 0.717) is 6.04 Å². The van der Waals surface area contributed by atoms with Crippen LogP contribution in [0.5, 0.6) is 5.75 Å². The fourth-order valence-electron chi connectivity index (χ4n) is 4.87. The molecular formula is C18H24BrNO. The maximum absolute atomic E-state index is 6.62. The van der Waals surface area contributed by atoms with Gasteiger partial charge in [-0.2, -0.15) is 0 Å². The van der Waals surface area contributed by atoms with E-state index in [1.807, 2.05) is 0 Å². The number of hydrogen-bond donors (Lipinski definition) is 1. The van der Waals surface area contributed by atoms with Gasteiger partial charge in [0.15, 0.2) is 0 Å². The van der Waals surface area contributed by atoms with Gasteiger partial charge >= 0.3 is 0 Å². The van der Waals surface area contributed by atoms with E-state index in [0.717, 1.165) is 35.0 Å². The van der Waals surface area contributed by atoms with Crippen molar-refractivity contribution in [1.82, 2.24) is 5.32 Å². The van der Waals surface area contributed by atoms with E-state index in [2.05, 4.69) is 46.4 Å². The van der Waals surface area contributed by atoms with Gasteiger partial charge in [-0.3, -0.25) is 0 Å². The summed E-state index contributed by atoms with van der Waals surface area (Å²) >= 11 is 3.61. The first-order valence-electron chi connectivity index (χ1n) is 8.42. The van der Waals surface area contributed by atoms with E-state index in [4.69, 9.17) is 4.74 Å². The summed E-state index contributed by atoms with van der Waals surface area (Å²) in [5, 5.41) is 3.76. The number of nitrogens with one attached hydrogen (secondary N) is 1. The average molecular weight is 350 g/mol. The minimum Gasteiger partial charge on any atom is -0.487 e. The lowest BCUT2D eigenvalue weighted by atomic mass is 9.76. The molecule has 1 aromatic rings. The van der Waals surface area contributed by atoms with Crippen LogP contribution in [0.15, 0.2) is 22.7 Å². The van der Waals surface area contributed by atoms with Gasteiger partial charge in [-0.1, -0.05) is 22.9 Å². The molecule has 1 heterocycles. The Labute approximate surface area is 135 Å². The Hall–Kier alpha value is -0.540. The fourth-order valence-corrected chi connectivity index (χ4v) is 5.25. The van der Waals surface area contributed by atoms with E-state index >= 15 is 0 Å². The Morgan fingerprint density at radius 2 is 2.24 bits per heavy atom. The molecule has 0 radical (unpaired) electrons. The lowest BCUT2D eigenvalue weighted by molar-refractivity contribution is -0.0183. The second-order valence-electron chi connectivity index (χ2n) is 7.14. The van der Waals surface area contributed by atoms with Crippen LogP contribution >= 0.6 is 15.9 Å². The number of fused-ring (bicyclic) bond motifs is 4. The van der Waals surface area contributed by atoms with Gasteiger partial charge in [0.2, 0.25) is 0 Å². The van der Waals surface area contributed by atoms with Crippen molar-refractivity contribution >= 4 is 15.9 Å². The van der Waals surface area contributed by atoms with Gasteiger partial charge in [-0.05, 0) is 68.7 Å². The van der Waals surface area contributed by atoms with Crippen LogP contribution in [0.1, 0.15) is 57.1 Å². The molecule has 21 heavy (non-hydrogen) atoms. The highest BCUT2D eigenvalue weighted by atomic mass is 79.9. The van der Waals surface area contributed by atoms with Crippen molar-refractivity contribution in [2.75, 3.05) is 6.54 Å². The van der Waals surface area contributed by atoms with Crippen LogP contribution in [-0.4, -0.2) is 12.1 Å². The molecule has 2 saturated carbocycles. The summed E-state index contributed by atoms with van der Waals surface area (Å²) in [4.78, 5) is 0. The van der Waals surface area contributed by atoms with E-state index in [1.54, 1.807) is 0 Å². The highest BCUT2D eigenvalue weighted by Crippen LogP contribution is 2.58. The second-order valence-corrected chi connectivity index (χ2v) is 8.06. The zero-order chi connectivity index (χ0) is 14.4. The van der Waals surface area contributed by atoms with Crippen LogP contribution < -0.4 is 10.1 Å². The molecule has 2 fully saturated rings. The number of hydrogen-bond acceptors (Lipinski definition) is 2. The molecule has 2 aliphatic carbocycles. The van der Waals surface area contributed by atoms with Crippen LogP contribution in [-0.2, 0) is 0 Å². The monoisotopic (exact) mass is 349 g/mol. The van der Waals surface area contributed by atoms with Gasteiger partial charge in [-0.25, -0.2) is 0 Å². The summed E-state index contributed by atoms with van der Waals surface area (Å²) in [5.74, 6) is 2.81. The predicted molar refractivity (Wildman–Crippen MR) is 88.6 cm³/mol. The molecule has 3 aliphatic rings. The quantitative estimate of drug-likeness (QED) is 0.843. The number of benzene rings is 1. The van der Waals surface area contributed by atoms with Crippen molar-refractivity contribution in [2.24, 2.45) is 11.8 Å². The van der Waals surface area contributed by atoms with Crippen molar-refractivity contribution in [2.45, 2.75) is 57.1 Å². The molecule has 4 rings (SSSR count). The standard InChI is InChI=1S/C18H24BrNO/c1-2-7-20-16-11-18(10-12-3-4-13(18)8-12)21-17-6-5-14(19)9-15(16)17/h5-6,9,12-13,16,20H,2-4,7-8,10-11H2,1H3. The summed E-state index contributed by atoms with van der Waals surface area (Å²) in [6, 6.07) is 6.96. The highest BCUT2D eigenvalue weighted by Gasteiger charge is 2.55. The van der Waals surface area contributed by atoms with E-state index in [1.165, 1.54) is 37.7 Å². The largest absolute Gasteiger partial charge is 0.487 e. The van der Waals surface area contributed by atoms with Crippen LogP contribution in [0.4, 0.5) is 0 Å². The Kier molecular flexibility index (Phi) is 3.54. The molecule has 1 aromatic carbocycles. The molecule has 0 amide bonds. The minimum absolute atomic E-state index is 0.120. The topological polar surface area (TPSA) is 21.3 Å². The smallest absolute Gasteiger partial charge is 0.125 e. The van der Waals surface area contributed by atoms with Crippen LogP contribution in [0, 0.1) is 11.8 Å². The molecule has 114 valence electrons. The Bertz CT molecular complexity index is 546. The molecule has 2 bridgehead atoms. The van der Waals surface area contributed by atoms with Gasteiger partial charge in [-0.15, -0.1) is 0 Å². The molecule has 2 nitrogen and oxygen atoms in total. The lowest BCUT2D eigenvalue weighted by Crippen LogP contribution is -2.48. The Morgan fingerprint density at radius 1 is 1.33 bits per heavy atom. The third kappa shape index (κ3) is 2.33. The average Bonchev–Trinajstić information content (AvgIpc) is 3.06. The lowest BCUT2D eigenvalue weighted by Gasteiger charge is -2.45. The van der Waals surface area contributed by atoms with E-state index in [-0.39, 0.29) is 5.60 Å². The van der Waals surface area contributed by atoms with Crippen LogP contribution in [0.25, 0.3) is 0 Å². The summed E-state index contributed by atoms with van der Waals surface area (Å²) in [5.41, 5.74) is 1.46. The van der Waals surface area contributed by atoms with Crippen LogP contribution in [0.3, 0.4) is 0 Å². The number of rotatable bonds is 3. The maximum atomic E-state index is 6.62. The van der Waals surface area contributed by atoms with Crippen molar-refractivity contribution in [1.29, 1.82) is 0 Å². The first-order chi connectivity index (χ1) is 10.2. The summed E-state index contributed by atoms with van der Waals surface area (Å²) in [6.45, 7) is 3.32. The normalized spacial score (nSPS) is 36.8. The van der Waals surface area contributed by atoms with Crippen LogP contribution in [0.2, 0.25) is 0 Å². The van der Waals surface area contributed by atoms with Crippen molar-refractivity contribution in [3.05, 3.63) is 28.2 Å². The van der Waals surface area contributed by atoms with Crippen molar-refractivity contribution in [3.8, 4) is 5.75 Å². The van der Waals surface area contributed by atoms with Gasteiger partial charge in [0.05, 0.1) is 0 Å². The molecule has 1 N–H and O–H groups in total. The molecule has 1 aliphatic heterocycles. The summed E-state index contributed by atoms with van der Waals surface area (Å²) in [7, 11) is 0. The first-order valence-corrected chi connectivity index (χ1v) is 9.21. The van der Waals surface area contributed by atoms with Crippen molar-refractivity contribution < 1.29 is 4.74 Å². The fraction of sp³-hybridized carbons (Fsp3) is 0.667. The number of halogens is 1. The molecule has 4 atom stereocenters. The summed E-state index contributed by atoms with van der Waals surface area (Å²) < 4.78 is 7.77. The van der Waals surface area contributed by atoms with E-state index in [9.17, 15) is 0 Å². The minimum atomic E-state index is 0.120. The van der Waals surface area contributed by atoms with Gasteiger partial charge in [0.1, 0.15) is 11.4 Å². The van der Waals surface area contributed by atoms with Gasteiger partial charge < -0.3 is 10.1 Å². The third-order valence-corrected chi connectivity index (χ3v) is 6.26. The SMILES string of the molecule is CCCNC1CC2(CC3CCC2C3)Oc2ccc(Br)cc21. The molecule has 0 aromatic heterocycles. The molecular weight excluding hydrogens is 326 g/mol. The molecule has 3 heteroatoms. The molecule has 1 spiro atoms. The first kappa shape index (κ1) is 14.1. The second kappa shape index (κ2) is 5.27. The van der Waals surface area contributed by atoms with Crippen molar-refractivity contribution in [3.63, 3.8) is 0 Å². The zero-order valence-electron chi connectivity index (χ0n) is 12.7. The summed E-state index contributed by atoms with van der Waals surface area (Å²) in [6.07, 6.45) is 7.80. The number of ether oxygens (including phenoxy) is 1. The maximum Gasteiger partial charge on any atom is 0.125 e. The Balaban J connectivity index is 1.68. The third-order valence-electron chi connectivity index (χ3n) is 5.77. The molecule has 4 unspecified atom stereocenters. The highest BCUT2D eigenvalue weighted by molar-refractivity contribution is 9.10. The Morgan fingerprint density at radius 3 is 2.95 bits per heavy atom.